The van der Waals surface area contributed by atoms with Crippen LogP contribution >= 0.6 is 23.1 Å². The van der Waals surface area contributed by atoms with Crippen molar-refractivity contribution in [2.45, 2.75) is 33.1 Å². The molecule has 172 valence electrons. The fourth-order valence-corrected chi connectivity index (χ4v) is 5.56. The number of esters is 1. The minimum atomic E-state index is -0.388. The normalized spacial score (nSPS) is 14.9. The van der Waals surface area contributed by atoms with E-state index in [0.29, 0.717) is 27.9 Å². The van der Waals surface area contributed by atoms with E-state index in [1.165, 1.54) is 23.1 Å². The highest BCUT2D eigenvalue weighted by Gasteiger charge is 2.29. The summed E-state index contributed by atoms with van der Waals surface area (Å²) in [6, 6.07) is 7.03. The van der Waals surface area contributed by atoms with E-state index in [1.807, 2.05) is 0 Å². The molecule has 3 rings (SSSR count). The minimum Gasteiger partial charge on any atom is -0.497 e. The maximum atomic E-state index is 12.5. The van der Waals surface area contributed by atoms with E-state index in [2.05, 4.69) is 17.6 Å². The minimum absolute atomic E-state index is 0.108. The molecule has 1 aliphatic carbocycles. The summed E-state index contributed by atoms with van der Waals surface area (Å²) in [7, 11) is 1.58. The number of thioether (sulfide) groups is 1. The molecule has 1 atom stereocenters. The molecular formula is C23H28N2O5S2. The van der Waals surface area contributed by atoms with Crippen molar-refractivity contribution in [3.8, 4) is 5.75 Å². The largest absolute Gasteiger partial charge is 0.497 e. The number of anilines is 2. The fourth-order valence-electron chi connectivity index (χ4n) is 3.53. The van der Waals surface area contributed by atoms with Crippen molar-refractivity contribution >= 4 is 51.6 Å². The topological polar surface area (TPSA) is 93.7 Å². The lowest BCUT2D eigenvalue weighted by atomic mass is 9.88. The summed E-state index contributed by atoms with van der Waals surface area (Å²) >= 11 is 2.68. The quantitative estimate of drug-likeness (QED) is 0.522. The van der Waals surface area contributed by atoms with Gasteiger partial charge in [-0.25, -0.2) is 4.79 Å². The Balaban J connectivity index is 1.55. The van der Waals surface area contributed by atoms with Crippen molar-refractivity contribution in [3.63, 3.8) is 0 Å². The van der Waals surface area contributed by atoms with Crippen LogP contribution in [-0.4, -0.2) is 43.0 Å². The molecular weight excluding hydrogens is 448 g/mol. The van der Waals surface area contributed by atoms with Gasteiger partial charge in [-0.1, -0.05) is 6.92 Å². The highest BCUT2D eigenvalue weighted by Crippen LogP contribution is 2.40. The molecule has 1 heterocycles. The van der Waals surface area contributed by atoms with E-state index >= 15 is 0 Å². The van der Waals surface area contributed by atoms with Crippen molar-refractivity contribution in [2.24, 2.45) is 5.92 Å². The molecule has 9 heteroatoms. The standard InChI is InChI=1S/C23H28N2O5S2/c1-4-30-23(28)21-17-10-5-14(2)11-18(17)32-22(21)25-20(27)13-31-12-19(26)24-15-6-8-16(29-3)9-7-15/h6-9,14H,4-5,10-13H2,1-3H3,(H,24,26)(H,25,27). The van der Waals surface area contributed by atoms with Crippen LogP contribution in [0.1, 0.15) is 41.1 Å². The average Bonchev–Trinajstić information content (AvgIpc) is 3.11. The molecule has 2 N–H and O–H groups in total. The summed E-state index contributed by atoms with van der Waals surface area (Å²) in [4.78, 5) is 38.3. The number of ether oxygens (including phenoxy) is 2. The predicted molar refractivity (Wildman–Crippen MR) is 129 cm³/mol. The van der Waals surface area contributed by atoms with Gasteiger partial charge < -0.3 is 20.1 Å². The molecule has 7 nitrogen and oxygen atoms in total. The van der Waals surface area contributed by atoms with E-state index in [0.717, 1.165) is 29.7 Å². The van der Waals surface area contributed by atoms with Crippen LogP contribution in [0.25, 0.3) is 0 Å². The summed E-state index contributed by atoms with van der Waals surface area (Å²) in [5, 5.41) is 6.21. The van der Waals surface area contributed by atoms with E-state index in [1.54, 1.807) is 38.3 Å². The zero-order valence-corrected chi connectivity index (χ0v) is 20.1. The maximum Gasteiger partial charge on any atom is 0.341 e. The highest BCUT2D eigenvalue weighted by atomic mass is 32.2. The predicted octanol–water partition coefficient (Wildman–Crippen LogP) is 4.37. The second-order valence-corrected chi connectivity index (χ2v) is 9.68. The van der Waals surface area contributed by atoms with Gasteiger partial charge >= 0.3 is 5.97 Å². The summed E-state index contributed by atoms with van der Waals surface area (Å²) in [6.45, 7) is 4.25. The van der Waals surface area contributed by atoms with Crippen molar-refractivity contribution in [1.82, 2.24) is 0 Å². The first-order chi connectivity index (χ1) is 15.4. The SMILES string of the molecule is CCOC(=O)c1c(NC(=O)CSCC(=O)Nc2ccc(OC)cc2)sc2c1CCC(C)C2. The van der Waals surface area contributed by atoms with Crippen molar-refractivity contribution in [3.05, 3.63) is 40.3 Å². The zero-order chi connectivity index (χ0) is 23.1. The van der Waals surface area contributed by atoms with E-state index in [-0.39, 0.29) is 35.9 Å². The molecule has 0 fully saturated rings. The fraction of sp³-hybridized carbons (Fsp3) is 0.435. The van der Waals surface area contributed by atoms with Crippen LogP contribution < -0.4 is 15.4 Å². The molecule has 2 amide bonds. The Bertz CT molecular complexity index is 972. The highest BCUT2D eigenvalue weighted by molar-refractivity contribution is 8.00. The van der Waals surface area contributed by atoms with Gasteiger partial charge in [-0.3, -0.25) is 9.59 Å². The van der Waals surface area contributed by atoms with Gasteiger partial charge in [-0.15, -0.1) is 23.1 Å². The van der Waals surface area contributed by atoms with Crippen molar-refractivity contribution in [2.75, 3.05) is 35.9 Å². The molecule has 0 bridgehead atoms. The summed E-state index contributed by atoms with van der Waals surface area (Å²) in [5.41, 5.74) is 2.17. The van der Waals surface area contributed by atoms with E-state index in [9.17, 15) is 14.4 Å². The van der Waals surface area contributed by atoms with Crippen LogP contribution in [0.2, 0.25) is 0 Å². The number of carbonyl (C=O) groups is 3. The molecule has 1 aromatic heterocycles. The molecule has 32 heavy (non-hydrogen) atoms. The number of benzene rings is 1. The lowest BCUT2D eigenvalue weighted by molar-refractivity contribution is -0.114. The molecule has 1 unspecified atom stereocenters. The molecule has 1 aromatic carbocycles. The first-order valence-corrected chi connectivity index (χ1v) is 12.5. The molecule has 2 aromatic rings. The Morgan fingerprint density at radius 3 is 2.47 bits per heavy atom. The number of hydrogen-bond acceptors (Lipinski definition) is 7. The number of thiophene rings is 1. The Labute approximate surface area is 196 Å². The Hall–Kier alpha value is -2.52. The summed E-state index contributed by atoms with van der Waals surface area (Å²) < 4.78 is 10.3. The van der Waals surface area contributed by atoms with Crippen LogP contribution in [0, 0.1) is 5.92 Å². The Morgan fingerprint density at radius 1 is 1.12 bits per heavy atom. The maximum absolute atomic E-state index is 12.5. The van der Waals surface area contributed by atoms with E-state index in [4.69, 9.17) is 9.47 Å². The van der Waals surface area contributed by atoms with Crippen molar-refractivity contribution < 1.29 is 23.9 Å². The third-order valence-electron chi connectivity index (χ3n) is 5.08. The zero-order valence-electron chi connectivity index (χ0n) is 18.5. The van der Waals surface area contributed by atoms with E-state index < -0.39 is 0 Å². The second kappa shape index (κ2) is 11.4. The van der Waals surface area contributed by atoms with Gasteiger partial charge in [-0.05, 0) is 61.9 Å². The van der Waals surface area contributed by atoms with Crippen LogP contribution in [0.4, 0.5) is 10.7 Å². The number of nitrogens with one attached hydrogen (secondary N) is 2. The number of carbonyl (C=O) groups excluding carboxylic acids is 3. The molecule has 0 saturated heterocycles. The van der Waals surface area contributed by atoms with Crippen LogP contribution in [0.15, 0.2) is 24.3 Å². The number of rotatable bonds is 9. The average molecular weight is 477 g/mol. The monoisotopic (exact) mass is 476 g/mol. The van der Waals surface area contributed by atoms with Crippen LogP contribution in [-0.2, 0) is 27.2 Å². The summed E-state index contributed by atoms with van der Waals surface area (Å²) in [5.74, 6) is 0.687. The lowest BCUT2D eigenvalue weighted by Gasteiger charge is -2.18. The van der Waals surface area contributed by atoms with Gasteiger partial charge in [0.2, 0.25) is 11.8 Å². The molecule has 0 aliphatic heterocycles. The number of amides is 2. The molecule has 1 aliphatic rings. The number of hydrogen-bond donors (Lipinski definition) is 2. The van der Waals surface area contributed by atoms with Crippen molar-refractivity contribution in [1.29, 1.82) is 0 Å². The van der Waals surface area contributed by atoms with Gasteiger partial charge in [0.25, 0.3) is 0 Å². The third-order valence-corrected chi connectivity index (χ3v) is 7.19. The summed E-state index contributed by atoms with van der Waals surface area (Å²) in [6.07, 6.45) is 2.74. The van der Waals surface area contributed by atoms with Gasteiger partial charge in [0.15, 0.2) is 0 Å². The van der Waals surface area contributed by atoms with Gasteiger partial charge in [-0.2, -0.15) is 0 Å². The second-order valence-electron chi connectivity index (χ2n) is 7.59. The first kappa shape index (κ1) is 24.1. The van der Waals surface area contributed by atoms with Gasteiger partial charge in [0.1, 0.15) is 10.8 Å². The Morgan fingerprint density at radius 2 is 1.81 bits per heavy atom. The lowest BCUT2D eigenvalue weighted by Crippen LogP contribution is -2.19. The molecule has 0 saturated carbocycles. The molecule has 0 spiro atoms. The molecule has 0 radical (unpaired) electrons. The first-order valence-electron chi connectivity index (χ1n) is 10.5. The van der Waals surface area contributed by atoms with Crippen LogP contribution in [0.3, 0.4) is 0 Å². The van der Waals surface area contributed by atoms with Gasteiger partial charge in [0.05, 0.1) is 30.8 Å². The van der Waals surface area contributed by atoms with Crippen LogP contribution in [0.5, 0.6) is 5.75 Å². The van der Waals surface area contributed by atoms with Gasteiger partial charge in [0, 0.05) is 10.6 Å². The Kier molecular flexibility index (Phi) is 8.58. The number of fused-ring (bicyclic) bond motifs is 1. The third kappa shape index (κ3) is 6.26. The number of methoxy groups -OCH3 is 1. The smallest absolute Gasteiger partial charge is 0.341 e.